The van der Waals surface area contributed by atoms with E-state index in [9.17, 15) is 9.18 Å². The number of pyridine rings is 1. The zero-order valence-electron chi connectivity index (χ0n) is 11.3. The van der Waals surface area contributed by atoms with Gasteiger partial charge in [0, 0.05) is 29.6 Å². The summed E-state index contributed by atoms with van der Waals surface area (Å²) in [7, 11) is 0. The number of H-pyrrole nitrogens is 1. The highest BCUT2D eigenvalue weighted by molar-refractivity contribution is 5.69. The van der Waals surface area contributed by atoms with Crippen molar-refractivity contribution >= 4 is 0 Å². The monoisotopic (exact) mass is 281 g/mol. The van der Waals surface area contributed by atoms with Crippen molar-refractivity contribution in [3.8, 4) is 22.4 Å². The number of hydrogen-bond acceptors (Lipinski definition) is 3. The molecule has 4 nitrogen and oxygen atoms in total. The molecule has 0 unspecified atom stereocenters. The number of nitrogens with zero attached hydrogens (tertiary/aromatic N) is 2. The number of aromatic amines is 1. The molecule has 3 aromatic rings. The Morgan fingerprint density at radius 2 is 1.71 bits per heavy atom. The minimum atomic E-state index is -0.283. The molecule has 0 aliphatic rings. The normalized spacial score (nSPS) is 10.6. The predicted octanol–water partition coefficient (Wildman–Crippen LogP) is 2.95. The van der Waals surface area contributed by atoms with Gasteiger partial charge in [0.15, 0.2) is 0 Å². The van der Waals surface area contributed by atoms with Crippen LogP contribution in [-0.4, -0.2) is 15.0 Å². The first kappa shape index (κ1) is 13.2. The van der Waals surface area contributed by atoms with Crippen molar-refractivity contribution in [3.63, 3.8) is 0 Å². The summed E-state index contributed by atoms with van der Waals surface area (Å²) in [5, 5.41) is 0. The smallest absolute Gasteiger partial charge is 0.251 e. The number of nitrogens with one attached hydrogen (secondary N) is 1. The van der Waals surface area contributed by atoms with Gasteiger partial charge in [-0.3, -0.25) is 9.78 Å². The summed E-state index contributed by atoms with van der Waals surface area (Å²) in [4.78, 5) is 22.6. The van der Waals surface area contributed by atoms with Crippen LogP contribution in [0.4, 0.5) is 4.39 Å². The van der Waals surface area contributed by atoms with Gasteiger partial charge in [0.25, 0.3) is 5.56 Å². The molecule has 5 heteroatoms. The van der Waals surface area contributed by atoms with E-state index in [0.29, 0.717) is 11.5 Å². The molecule has 0 spiro atoms. The third-order valence-electron chi connectivity index (χ3n) is 3.07. The van der Waals surface area contributed by atoms with Crippen LogP contribution in [0.2, 0.25) is 0 Å². The van der Waals surface area contributed by atoms with E-state index in [1.165, 1.54) is 18.2 Å². The molecule has 21 heavy (non-hydrogen) atoms. The van der Waals surface area contributed by atoms with E-state index in [-0.39, 0.29) is 11.4 Å². The average Bonchev–Trinajstić information content (AvgIpc) is 2.47. The first-order chi connectivity index (χ1) is 10.1. The van der Waals surface area contributed by atoms with Crippen molar-refractivity contribution in [2.24, 2.45) is 0 Å². The van der Waals surface area contributed by atoms with Crippen LogP contribution in [0.3, 0.4) is 0 Å². The summed E-state index contributed by atoms with van der Waals surface area (Å²) >= 11 is 0. The lowest BCUT2D eigenvalue weighted by molar-refractivity contribution is 0.628. The van der Waals surface area contributed by atoms with Crippen molar-refractivity contribution in [2.75, 3.05) is 0 Å². The molecule has 0 radical (unpaired) electrons. The molecule has 0 saturated carbocycles. The summed E-state index contributed by atoms with van der Waals surface area (Å²) in [6.45, 7) is 1.72. The number of aryl methyl sites for hydroxylation is 1. The van der Waals surface area contributed by atoms with E-state index in [0.717, 1.165) is 16.7 Å². The molecular weight excluding hydrogens is 269 g/mol. The molecule has 104 valence electrons. The number of hydrogen-bond donors (Lipinski definition) is 1. The molecule has 1 aromatic carbocycles. The second-order valence-electron chi connectivity index (χ2n) is 4.69. The van der Waals surface area contributed by atoms with Crippen LogP contribution in [0, 0.1) is 12.7 Å². The summed E-state index contributed by atoms with van der Waals surface area (Å²) in [5.74, 6) is 0.263. The fourth-order valence-electron chi connectivity index (χ4n) is 2.11. The second kappa shape index (κ2) is 5.28. The average molecular weight is 281 g/mol. The van der Waals surface area contributed by atoms with Gasteiger partial charge in [0.05, 0.1) is 5.69 Å². The highest BCUT2D eigenvalue weighted by Gasteiger charge is 2.05. The van der Waals surface area contributed by atoms with Gasteiger partial charge < -0.3 is 4.98 Å². The van der Waals surface area contributed by atoms with Gasteiger partial charge >= 0.3 is 0 Å². The third-order valence-corrected chi connectivity index (χ3v) is 3.07. The van der Waals surface area contributed by atoms with E-state index >= 15 is 0 Å². The van der Waals surface area contributed by atoms with Gasteiger partial charge in [0.2, 0.25) is 0 Å². The Morgan fingerprint density at radius 1 is 1.00 bits per heavy atom. The molecule has 2 aromatic heterocycles. The molecule has 0 atom stereocenters. The van der Waals surface area contributed by atoms with Gasteiger partial charge in [-0.2, -0.15) is 0 Å². The summed E-state index contributed by atoms with van der Waals surface area (Å²) < 4.78 is 13.0. The molecular formula is C16H12FN3O. The zero-order valence-corrected chi connectivity index (χ0v) is 11.3. The van der Waals surface area contributed by atoms with Crippen LogP contribution in [-0.2, 0) is 0 Å². The lowest BCUT2D eigenvalue weighted by atomic mass is 10.0. The molecule has 0 saturated heterocycles. The van der Waals surface area contributed by atoms with E-state index in [1.807, 2.05) is 6.07 Å². The Morgan fingerprint density at radius 3 is 2.43 bits per heavy atom. The Balaban J connectivity index is 2.07. The lowest BCUT2D eigenvalue weighted by Gasteiger charge is -2.05. The second-order valence-corrected chi connectivity index (χ2v) is 4.69. The first-order valence-electron chi connectivity index (χ1n) is 6.41. The molecule has 0 amide bonds. The van der Waals surface area contributed by atoms with Crippen LogP contribution in [0.15, 0.2) is 53.6 Å². The Hall–Kier alpha value is -2.82. The van der Waals surface area contributed by atoms with Crippen LogP contribution in [0.5, 0.6) is 0 Å². The van der Waals surface area contributed by atoms with Gasteiger partial charge in [-0.05, 0) is 30.7 Å². The maximum absolute atomic E-state index is 13.0. The minimum Gasteiger partial charge on any atom is -0.311 e. The van der Waals surface area contributed by atoms with E-state index in [4.69, 9.17) is 0 Å². The third kappa shape index (κ3) is 2.86. The van der Waals surface area contributed by atoms with E-state index in [1.54, 1.807) is 31.5 Å². The topological polar surface area (TPSA) is 58.6 Å². The zero-order chi connectivity index (χ0) is 14.8. The molecule has 0 fully saturated rings. The number of benzene rings is 1. The quantitative estimate of drug-likeness (QED) is 0.785. The highest BCUT2D eigenvalue weighted by atomic mass is 19.1. The van der Waals surface area contributed by atoms with Gasteiger partial charge in [0.1, 0.15) is 11.6 Å². The van der Waals surface area contributed by atoms with Gasteiger partial charge in [-0.25, -0.2) is 9.37 Å². The molecule has 1 N–H and O–H groups in total. The van der Waals surface area contributed by atoms with Crippen molar-refractivity contribution in [1.29, 1.82) is 0 Å². The Bertz CT molecular complexity index is 841. The fourth-order valence-corrected chi connectivity index (χ4v) is 2.11. The van der Waals surface area contributed by atoms with Crippen molar-refractivity contribution < 1.29 is 4.39 Å². The maximum atomic E-state index is 13.0. The van der Waals surface area contributed by atoms with E-state index < -0.39 is 0 Å². The summed E-state index contributed by atoms with van der Waals surface area (Å²) in [6.07, 6.45) is 3.34. The van der Waals surface area contributed by atoms with Crippen molar-refractivity contribution in [1.82, 2.24) is 15.0 Å². The van der Waals surface area contributed by atoms with Gasteiger partial charge in [-0.1, -0.05) is 12.1 Å². The maximum Gasteiger partial charge on any atom is 0.251 e. The van der Waals surface area contributed by atoms with Crippen molar-refractivity contribution in [2.45, 2.75) is 6.92 Å². The van der Waals surface area contributed by atoms with Crippen LogP contribution in [0.1, 0.15) is 5.82 Å². The lowest BCUT2D eigenvalue weighted by Crippen LogP contribution is -2.08. The molecule has 3 rings (SSSR count). The summed E-state index contributed by atoms with van der Waals surface area (Å²) in [6, 6.07) is 9.48. The minimum absolute atomic E-state index is 0.204. The molecule has 0 aliphatic heterocycles. The van der Waals surface area contributed by atoms with E-state index in [2.05, 4.69) is 15.0 Å². The van der Waals surface area contributed by atoms with Crippen LogP contribution in [0.25, 0.3) is 22.4 Å². The fraction of sp³-hybridized carbons (Fsp3) is 0.0625. The number of aromatic nitrogens is 3. The number of rotatable bonds is 2. The standard InChI is InChI=1S/C16H12FN3O/c1-10-19-15(7-16(21)20-10)13-6-12(8-18-9-13)11-2-4-14(17)5-3-11/h2-9H,1H3,(H,19,20,21). The van der Waals surface area contributed by atoms with Crippen LogP contribution >= 0.6 is 0 Å². The van der Waals surface area contributed by atoms with Gasteiger partial charge in [-0.15, -0.1) is 0 Å². The molecule has 0 aliphatic carbocycles. The molecule has 0 bridgehead atoms. The SMILES string of the molecule is Cc1nc(-c2cncc(-c3ccc(F)cc3)c2)cc(=O)[nH]1. The number of halogens is 1. The van der Waals surface area contributed by atoms with Crippen LogP contribution < -0.4 is 5.56 Å². The van der Waals surface area contributed by atoms with Crippen molar-refractivity contribution in [3.05, 3.63) is 70.8 Å². The Kier molecular flexibility index (Phi) is 3.31. The first-order valence-corrected chi connectivity index (χ1v) is 6.41. The highest BCUT2D eigenvalue weighted by Crippen LogP contribution is 2.23. The Labute approximate surface area is 120 Å². The molecule has 2 heterocycles. The summed E-state index contributed by atoms with van der Waals surface area (Å²) in [5.41, 5.74) is 2.79. The largest absolute Gasteiger partial charge is 0.311 e. The predicted molar refractivity (Wildman–Crippen MR) is 78.2 cm³/mol.